The van der Waals surface area contributed by atoms with Gasteiger partial charge < -0.3 is 27.4 Å². The Kier molecular flexibility index (Phi) is 12.3. The largest absolute Gasteiger partial charge is 0.309 e. The number of fused-ring (bicyclic) bond motifs is 18. The maximum Gasteiger partial charge on any atom is 0.102 e. The summed E-state index contributed by atoms with van der Waals surface area (Å²) in [6.45, 7) is 0. The van der Waals surface area contributed by atoms with Crippen LogP contribution in [0.2, 0.25) is 0 Å². The zero-order valence-corrected chi connectivity index (χ0v) is 55.8. The average Bonchev–Trinajstić information content (AvgIpc) is 1.48. The molecule has 482 valence electrons. The summed E-state index contributed by atoms with van der Waals surface area (Å²) < 4.78 is 14.4. The van der Waals surface area contributed by atoms with E-state index in [4.69, 9.17) is 9.97 Å². The van der Waals surface area contributed by atoms with Gasteiger partial charge in [0, 0.05) is 95.6 Å². The van der Waals surface area contributed by atoms with Crippen molar-refractivity contribution < 1.29 is 0 Å². The van der Waals surface area contributed by atoms with Crippen LogP contribution in [-0.4, -0.2) is 42.4 Å². The van der Waals surface area contributed by atoms with Gasteiger partial charge in [0.15, 0.2) is 0 Å². The highest BCUT2D eigenvalue weighted by Gasteiger charge is 2.36. The summed E-state index contributed by atoms with van der Waals surface area (Å²) in [5, 5.41) is 24.1. The second kappa shape index (κ2) is 22.3. The van der Waals surface area contributed by atoms with E-state index in [1.54, 1.807) is 0 Å². The monoisotopic (exact) mass is 1320 g/mol. The first-order valence-corrected chi connectivity index (χ1v) is 35.1. The van der Waals surface area contributed by atoms with Crippen molar-refractivity contribution in [1.29, 1.82) is 5.26 Å². The van der Waals surface area contributed by atoms with Crippen molar-refractivity contribution >= 4 is 131 Å². The van der Waals surface area contributed by atoms with Crippen molar-refractivity contribution in [2.45, 2.75) is 0 Å². The van der Waals surface area contributed by atoms with Gasteiger partial charge in [0.1, 0.15) is 6.07 Å². The molecule has 0 aliphatic rings. The van der Waals surface area contributed by atoms with E-state index in [0.717, 1.165) is 149 Å². The molecule has 0 fully saturated rings. The Hall–Kier alpha value is -14.4. The number of benzene rings is 13. The second-order valence-corrected chi connectivity index (χ2v) is 26.9. The molecule has 104 heavy (non-hydrogen) atoms. The molecule has 0 saturated heterocycles. The number of rotatable bonds is 9. The number of hydrogen-bond donors (Lipinski definition) is 0. The third-order valence-corrected chi connectivity index (χ3v) is 21.6. The minimum absolute atomic E-state index is 0.463. The van der Waals surface area contributed by atoms with Crippen LogP contribution in [0.4, 0.5) is 0 Å². The van der Waals surface area contributed by atoms with Crippen LogP contribution < -0.4 is 0 Å². The Labute approximate surface area is 594 Å². The molecule has 9 aromatic heterocycles. The van der Waals surface area contributed by atoms with E-state index in [0.29, 0.717) is 11.3 Å². The van der Waals surface area contributed by atoms with Gasteiger partial charge in [0.2, 0.25) is 0 Å². The molecular weight excluding hydrogens is 1270 g/mol. The fourth-order valence-electron chi connectivity index (χ4n) is 17.3. The summed E-state index contributed by atoms with van der Waals surface area (Å²) >= 11 is 0. The van der Waals surface area contributed by atoms with Gasteiger partial charge >= 0.3 is 0 Å². The van der Waals surface area contributed by atoms with Gasteiger partial charge in [-0.3, -0.25) is 15.0 Å². The molecule has 22 rings (SSSR count). The molecule has 13 aromatic carbocycles. The van der Waals surface area contributed by atoms with Gasteiger partial charge in [-0.2, -0.15) is 5.26 Å². The van der Waals surface area contributed by atoms with E-state index in [2.05, 4.69) is 342 Å². The van der Waals surface area contributed by atoms with E-state index in [9.17, 15) is 5.26 Å². The maximum atomic E-state index is 13.0. The summed E-state index contributed by atoms with van der Waals surface area (Å²) in [4.78, 5) is 15.1. The predicted molar refractivity (Wildman–Crippen MR) is 427 cm³/mol. The molecule has 10 nitrogen and oxygen atoms in total. The van der Waals surface area contributed by atoms with E-state index >= 15 is 0 Å². The lowest BCUT2D eigenvalue weighted by Crippen LogP contribution is -2.16. The van der Waals surface area contributed by atoms with Crippen LogP contribution in [-0.2, 0) is 0 Å². The third kappa shape index (κ3) is 8.17. The number of aromatic nitrogens is 9. The van der Waals surface area contributed by atoms with Crippen LogP contribution in [0.25, 0.3) is 199 Å². The summed E-state index contributed by atoms with van der Waals surface area (Å²) in [5.74, 6) is 0. The molecule has 0 saturated carbocycles. The first-order valence-electron chi connectivity index (χ1n) is 35.1. The minimum atomic E-state index is 0.463. The van der Waals surface area contributed by atoms with Crippen LogP contribution >= 0.6 is 0 Å². The van der Waals surface area contributed by atoms with E-state index < -0.39 is 0 Å². The molecule has 10 heteroatoms. The van der Waals surface area contributed by atoms with Gasteiger partial charge in [0.25, 0.3) is 0 Å². The number of nitriles is 1. The zero-order chi connectivity index (χ0) is 68.3. The Morgan fingerprint density at radius 3 is 0.913 bits per heavy atom. The lowest BCUT2D eigenvalue weighted by atomic mass is 9.93. The van der Waals surface area contributed by atoms with Crippen LogP contribution in [0.3, 0.4) is 0 Å². The topological polar surface area (TPSA) is 92.0 Å². The van der Waals surface area contributed by atoms with Crippen molar-refractivity contribution in [1.82, 2.24) is 42.4 Å². The van der Waals surface area contributed by atoms with E-state index in [1.165, 1.54) is 43.6 Å². The Morgan fingerprint density at radius 2 is 0.519 bits per heavy atom. The molecule has 0 aliphatic carbocycles. The van der Waals surface area contributed by atoms with Crippen LogP contribution in [0.15, 0.2) is 340 Å². The summed E-state index contributed by atoms with van der Waals surface area (Å²) in [5.41, 5.74) is 25.5. The van der Waals surface area contributed by atoms with E-state index in [1.807, 2.05) is 36.9 Å². The van der Waals surface area contributed by atoms with Crippen molar-refractivity contribution in [3.8, 4) is 73.6 Å². The maximum absolute atomic E-state index is 13.0. The zero-order valence-electron chi connectivity index (χ0n) is 55.8. The molecule has 0 bridgehead atoms. The molecule has 0 radical (unpaired) electrons. The highest BCUT2D eigenvalue weighted by atomic mass is 15.2. The van der Waals surface area contributed by atoms with Gasteiger partial charge in [-0.05, 0) is 161 Å². The van der Waals surface area contributed by atoms with Gasteiger partial charge in [-0.25, -0.2) is 0 Å². The molecule has 9 heterocycles. The fraction of sp³-hybridized carbons (Fsp3) is 0. The Bertz CT molecular complexity index is 7200. The predicted octanol–water partition coefficient (Wildman–Crippen LogP) is 23.3. The van der Waals surface area contributed by atoms with Gasteiger partial charge in [-0.1, -0.05) is 182 Å². The molecule has 0 atom stereocenters. The molecule has 0 N–H and O–H groups in total. The average molecular weight is 1330 g/mol. The van der Waals surface area contributed by atoms with Crippen LogP contribution in [0, 0.1) is 11.3 Å². The molecule has 22 aromatic rings. The SMILES string of the molecule is N#Cc1c(-c2ccncc2)c(-n2c3ccccc3c3ncccc32)c(-n2c3ccccc3c3cc(-c4ccc(-n5c6ccccc6c6ccccc65)cc4)ccc32)c(-n2c3ccccc3c3cc(-c4ccc(-n5c6ccccc6c6ccccc65)cc4)ccc32)c1-n1c2ccccc2c2ncccc21. The smallest absolute Gasteiger partial charge is 0.102 e. The fourth-order valence-corrected chi connectivity index (χ4v) is 17.3. The highest BCUT2D eigenvalue weighted by Crippen LogP contribution is 2.52. The van der Waals surface area contributed by atoms with Crippen molar-refractivity contribution in [2.24, 2.45) is 0 Å². The van der Waals surface area contributed by atoms with Gasteiger partial charge in [0.05, 0.1) is 106 Å². The summed E-state index contributed by atoms with van der Waals surface area (Å²) in [6, 6.07) is 117. The van der Waals surface area contributed by atoms with E-state index in [-0.39, 0.29) is 0 Å². The Balaban J connectivity index is 0.875. The van der Waals surface area contributed by atoms with Crippen LogP contribution in [0.5, 0.6) is 0 Å². The highest BCUT2D eigenvalue weighted by molar-refractivity contribution is 6.18. The molecule has 0 spiro atoms. The number of para-hydroxylation sites is 8. The van der Waals surface area contributed by atoms with Crippen molar-refractivity contribution in [2.75, 3.05) is 0 Å². The van der Waals surface area contributed by atoms with Crippen molar-refractivity contribution in [3.63, 3.8) is 0 Å². The van der Waals surface area contributed by atoms with Gasteiger partial charge in [-0.15, -0.1) is 0 Å². The van der Waals surface area contributed by atoms with Crippen molar-refractivity contribution in [3.05, 3.63) is 346 Å². The minimum Gasteiger partial charge on any atom is -0.309 e. The molecule has 0 aliphatic heterocycles. The third-order valence-electron chi connectivity index (χ3n) is 21.6. The number of hydrogen-bond acceptors (Lipinski definition) is 4. The Morgan fingerprint density at radius 1 is 0.221 bits per heavy atom. The molecule has 0 unspecified atom stereocenters. The standard InChI is InChI=1S/C94H56N10/c95-57-75-88(60-49-53-96-54-50-60)92(104-83-34-16-8-26-72(83)90-87(104)36-18-52-98-90)94(102-81-32-14-6-24-70(81)74-56-62(42-48-85(74)102)59-39-45-64(46-40-59)100-78-29-11-3-21-67(78)68-22-4-12-30-79(68)100)93(91(75)103-82-33-15-7-25-71(82)89-86(103)35-17-51-97-89)101-80-31-13-5-23-69(80)73-55-61(41-47-84(73)101)58-37-43-63(44-38-58)99-76-27-9-1-19-65(76)66-20-2-10-28-77(66)99/h1-56H. The summed E-state index contributed by atoms with van der Waals surface area (Å²) in [7, 11) is 0. The number of nitrogens with zero attached hydrogens (tertiary/aromatic N) is 10. The quantitative estimate of drug-likeness (QED) is 0.144. The lowest BCUT2D eigenvalue weighted by molar-refractivity contribution is 1.02. The number of pyridine rings is 3. The molecular formula is C94H56N10. The first-order chi connectivity index (χ1) is 51.6. The normalized spacial score (nSPS) is 12.0. The lowest BCUT2D eigenvalue weighted by Gasteiger charge is -2.29. The van der Waals surface area contributed by atoms with Crippen LogP contribution in [0.1, 0.15) is 5.56 Å². The second-order valence-electron chi connectivity index (χ2n) is 26.9. The summed E-state index contributed by atoms with van der Waals surface area (Å²) in [6.07, 6.45) is 7.43. The molecule has 0 amide bonds. The first kappa shape index (κ1) is 57.5.